The van der Waals surface area contributed by atoms with Gasteiger partial charge in [-0.15, -0.1) is 0 Å². The van der Waals surface area contributed by atoms with Gasteiger partial charge in [-0.25, -0.2) is 8.78 Å². The van der Waals surface area contributed by atoms with Crippen molar-refractivity contribution in [2.24, 2.45) is 5.73 Å². The van der Waals surface area contributed by atoms with Gasteiger partial charge in [-0.05, 0) is 31.0 Å². The molecule has 12 heavy (non-hydrogen) atoms. The third-order valence-corrected chi connectivity index (χ3v) is 1.54. The fourth-order valence-electron chi connectivity index (χ4n) is 1.04. The second kappa shape index (κ2) is 3.63. The summed E-state index contributed by atoms with van der Waals surface area (Å²) in [5, 5.41) is 0. The molecule has 0 aliphatic rings. The molecule has 1 rings (SSSR count). The molecule has 1 atom stereocenters. The van der Waals surface area contributed by atoms with E-state index in [0.29, 0.717) is 6.42 Å². The summed E-state index contributed by atoms with van der Waals surface area (Å²) in [7, 11) is 0. The molecule has 0 aliphatic heterocycles. The Morgan fingerprint density at radius 3 is 2.50 bits per heavy atom. The number of halogens is 2. The van der Waals surface area contributed by atoms with Crippen molar-refractivity contribution in [2.45, 2.75) is 19.4 Å². The molecule has 0 fully saturated rings. The van der Waals surface area contributed by atoms with E-state index in [0.717, 1.165) is 11.6 Å². The summed E-state index contributed by atoms with van der Waals surface area (Å²) in [5.41, 5.74) is 6.22. The fourth-order valence-corrected chi connectivity index (χ4v) is 1.04. The molecule has 66 valence electrons. The van der Waals surface area contributed by atoms with E-state index in [-0.39, 0.29) is 6.04 Å². The summed E-state index contributed by atoms with van der Waals surface area (Å²) in [5.74, 6) is -1.63. The highest BCUT2D eigenvalue weighted by atomic mass is 19.2. The lowest BCUT2D eigenvalue weighted by molar-refractivity contribution is 0.506. The van der Waals surface area contributed by atoms with Crippen LogP contribution in [0.4, 0.5) is 8.78 Å². The normalized spacial score (nSPS) is 13.0. The summed E-state index contributed by atoms with van der Waals surface area (Å²) in [6.45, 7) is 1.82. The van der Waals surface area contributed by atoms with Crippen LogP contribution in [0, 0.1) is 11.6 Å². The summed E-state index contributed by atoms with van der Waals surface area (Å²) in [6, 6.07) is 3.81. The van der Waals surface area contributed by atoms with Crippen LogP contribution in [0.2, 0.25) is 0 Å². The first-order valence-corrected chi connectivity index (χ1v) is 3.79. The first kappa shape index (κ1) is 9.13. The van der Waals surface area contributed by atoms with Gasteiger partial charge < -0.3 is 5.73 Å². The summed E-state index contributed by atoms with van der Waals surface area (Å²) in [6.07, 6.45) is 0.567. The van der Waals surface area contributed by atoms with Gasteiger partial charge in [0.25, 0.3) is 0 Å². The van der Waals surface area contributed by atoms with Gasteiger partial charge in [0.1, 0.15) is 0 Å². The number of benzene rings is 1. The van der Waals surface area contributed by atoms with Crippen molar-refractivity contribution in [3.8, 4) is 0 Å². The Kier molecular flexibility index (Phi) is 2.76. The Labute approximate surface area is 70.2 Å². The molecule has 3 heteroatoms. The minimum Gasteiger partial charge on any atom is -0.328 e. The molecule has 0 radical (unpaired) electrons. The molecule has 0 saturated carbocycles. The highest BCUT2D eigenvalue weighted by molar-refractivity contribution is 5.18. The monoisotopic (exact) mass is 171 g/mol. The number of rotatable bonds is 2. The van der Waals surface area contributed by atoms with Crippen molar-refractivity contribution < 1.29 is 8.78 Å². The molecule has 0 bridgehead atoms. The standard InChI is InChI=1S/C9H11F2N/c1-6(12)4-7-2-3-8(10)9(11)5-7/h2-3,5-6H,4,12H2,1H3/t6-/m0/s1. The van der Waals surface area contributed by atoms with Crippen LogP contribution in [0.1, 0.15) is 12.5 Å². The maximum atomic E-state index is 12.6. The van der Waals surface area contributed by atoms with Crippen LogP contribution in [-0.2, 0) is 6.42 Å². The Bertz CT molecular complexity index is 271. The largest absolute Gasteiger partial charge is 0.328 e. The SMILES string of the molecule is C[C@H](N)Cc1ccc(F)c(F)c1. The minimum atomic E-state index is -0.816. The average Bonchev–Trinajstić information content (AvgIpc) is 1.96. The van der Waals surface area contributed by atoms with Crippen molar-refractivity contribution in [1.29, 1.82) is 0 Å². The van der Waals surface area contributed by atoms with E-state index in [9.17, 15) is 8.78 Å². The molecule has 2 N–H and O–H groups in total. The lowest BCUT2D eigenvalue weighted by atomic mass is 10.1. The zero-order valence-corrected chi connectivity index (χ0v) is 6.85. The molecule has 1 nitrogen and oxygen atoms in total. The van der Waals surface area contributed by atoms with E-state index in [2.05, 4.69) is 0 Å². The molecule has 1 aromatic rings. The van der Waals surface area contributed by atoms with Crippen LogP contribution in [0.5, 0.6) is 0 Å². The summed E-state index contributed by atoms with van der Waals surface area (Å²) < 4.78 is 25.0. The Morgan fingerprint density at radius 2 is 2.00 bits per heavy atom. The molecule has 0 spiro atoms. The minimum absolute atomic E-state index is 0.0325. The van der Waals surface area contributed by atoms with E-state index in [1.807, 2.05) is 6.92 Å². The van der Waals surface area contributed by atoms with Crippen molar-refractivity contribution in [2.75, 3.05) is 0 Å². The van der Waals surface area contributed by atoms with Crippen molar-refractivity contribution in [3.63, 3.8) is 0 Å². The topological polar surface area (TPSA) is 26.0 Å². The first-order valence-electron chi connectivity index (χ1n) is 3.79. The van der Waals surface area contributed by atoms with E-state index in [4.69, 9.17) is 5.73 Å². The Balaban J connectivity index is 2.82. The van der Waals surface area contributed by atoms with E-state index in [1.165, 1.54) is 6.07 Å². The van der Waals surface area contributed by atoms with Crippen LogP contribution >= 0.6 is 0 Å². The zero-order valence-electron chi connectivity index (χ0n) is 6.85. The number of nitrogens with two attached hydrogens (primary N) is 1. The summed E-state index contributed by atoms with van der Waals surface area (Å²) in [4.78, 5) is 0. The average molecular weight is 171 g/mol. The fraction of sp³-hybridized carbons (Fsp3) is 0.333. The van der Waals surface area contributed by atoms with E-state index in [1.54, 1.807) is 6.07 Å². The van der Waals surface area contributed by atoms with Gasteiger partial charge in [0.2, 0.25) is 0 Å². The maximum absolute atomic E-state index is 12.6. The van der Waals surface area contributed by atoms with Gasteiger partial charge in [0, 0.05) is 6.04 Å². The van der Waals surface area contributed by atoms with Crippen LogP contribution in [0.25, 0.3) is 0 Å². The van der Waals surface area contributed by atoms with Gasteiger partial charge in [-0.1, -0.05) is 6.07 Å². The third kappa shape index (κ3) is 2.27. The quantitative estimate of drug-likeness (QED) is 0.722. The molecular weight excluding hydrogens is 160 g/mol. The van der Waals surface area contributed by atoms with E-state index >= 15 is 0 Å². The zero-order chi connectivity index (χ0) is 9.14. The lowest BCUT2D eigenvalue weighted by Crippen LogP contribution is -2.17. The van der Waals surface area contributed by atoms with Crippen LogP contribution in [0.3, 0.4) is 0 Å². The maximum Gasteiger partial charge on any atom is 0.159 e. The van der Waals surface area contributed by atoms with Gasteiger partial charge in [-0.3, -0.25) is 0 Å². The van der Waals surface area contributed by atoms with Crippen molar-refractivity contribution in [1.82, 2.24) is 0 Å². The molecule has 0 unspecified atom stereocenters. The number of hydrogen-bond acceptors (Lipinski definition) is 1. The highest BCUT2D eigenvalue weighted by Crippen LogP contribution is 2.09. The highest BCUT2D eigenvalue weighted by Gasteiger charge is 2.03. The molecule has 0 heterocycles. The molecule has 0 saturated heterocycles. The van der Waals surface area contributed by atoms with E-state index < -0.39 is 11.6 Å². The van der Waals surface area contributed by atoms with Gasteiger partial charge in [0.05, 0.1) is 0 Å². The Hall–Kier alpha value is -0.960. The molecule has 0 aliphatic carbocycles. The van der Waals surface area contributed by atoms with Crippen LogP contribution in [0.15, 0.2) is 18.2 Å². The Morgan fingerprint density at radius 1 is 1.33 bits per heavy atom. The van der Waals surface area contributed by atoms with Gasteiger partial charge in [-0.2, -0.15) is 0 Å². The third-order valence-electron chi connectivity index (χ3n) is 1.54. The second-order valence-electron chi connectivity index (χ2n) is 2.93. The second-order valence-corrected chi connectivity index (χ2v) is 2.93. The molecule has 0 aromatic heterocycles. The predicted molar refractivity (Wildman–Crippen MR) is 43.7 cm³/mol. The lowest BCUT2D eigenvalue weighted by Gasteiger charge is -2.04. The first-order chi connectivity index (χ1) is 5.59. The summed E-state index contributed by atoms with van der Waals surface area (Å²) >= 11 is 0. The van der Waals surface area contributed by atoms with Gasteiger partial charge in [0.15, 0.2) is 11.6 Å². The number of hydrogen-bond donors (Lipinski definition) is 1. The van der Waals surface area contributed by atoms with Crippen molar-refractivity contribution in [3.05, 3.63) is 35.4 Å². The molecular formula is C9H11F2N. The smallest absolute Gasteiger partial charge is 0.159 e. The van der Waals surface area contributed by atoms with Crippen molar-refractivity contribution >= 4 is 0 Å². The van der Waals surface area contributed by atoms with Crippen LogP contribution in [-0.4, -0.2) is 6.04 Å². The molecule has 0 amide bonds. The molecule has 1 aromatic carbocycles. The predicted octanol–water partition coefficient (Wildman–Crippen LogP) is 1.85. The van der Waals surface area contributed by atoms with Gasteiger partial charge >= 0.3 is 0 Å². The van der Waals surface area contributed by atoms with Crippen LogP contribution < -0.4 is 5.73 Å².